The summed E-state index contributed by atoms with van der Waals surface area (Å²) in [5.74, 6) is 0. The van der Waals surface area contributed by atoms with Crippen molar-refractivity contribution in [3.63, 3.8) is 0 Å². The van der Waals surface area contributed by atoms with E-state index in [9.17, 15) is 0 Å². The molecule has 0 heterocycles. The van der Waals surface area contributed by atoms with Crippen LogP contribution in [-0.2, 0) is 20.9 Å². The van der Waals surface area contributed by atoms with Gasteiger partial charge in [0.05, 0.1) is 11.2 Å². The molecule has 0 fully saturated rings. The van der Waals surface area contributed by atoms with Gasteiger partial charge >= 0.3 is 0 Å². The molecule has 2 nitrogen and oxygen atoms in total. The lowest BCUT2D eigenvalue weighted by Gasteiger charge is -2.38. The molecule has 0 rings (SSSR count). The van der Waals surface area contributed by atoms with Crippen LogP contribution in [0.2, 0.25) is 0 Å². The predicted molar refractivity (Wildman–Crippen MR) is 87.9 cm³/mol. The molecule has 0 aromatic heterocycles. The maximum atomic E-state index is 6.11. The number of hydrogen-bond donors (Lipinski definition) is 0. The van der Waals surface area contributed by atoms with Gasteiger partial charge in [0.25, 0.3) is 0 Å². The summed E-state index contributed by atoms with van der Waals surface area (Å²) in [5.41, 5.74) is -2.91. The zero-order valence-corrected chi connectivity index (χ0v) is 15.8. The summed E-state index contributed by atoms with van der Waals surface area (Å²) >= 11 is 7.43. The molecule has 0 saturated heterocycles. The molecule has 0 aliphatic rings. The number of rotatable bonds is 5. The molecule has 0 radical (unpaired) electrons. The van der Waals surface area contributed by atoms with Gasteiger partial charge in [-0.25, -0.2) is 0 Å². The van der Waals surface area contributed by atoms with E-state index in [2.05, 4.69) is 20.8 Å². The van der Waals surface area contributed by atoms with E-state index >= 15 is 0 Å². The molecule has 110 valence electrons. The van der Waals surface area contributed by atoms with E-state index in [4.69, 9.17) is 20.9 Å². The highest BCUT2D eigenvalue weighted by molar-refractivity contribution is 8.68. The summed E-state index contributed by atoms with van der Waals surface area (Å²) in [6.07, 6.45) is 1.04. The minimum atomic E-state index is -2.35. The quantitative estimate of drug-likeness (QED) is 0.600. The van der Waals surface area contributed by atoms with Crippen molar-refractivity contribution in [2.24, 2.45) is 0 Å². The van der Waals surface area contributed by atoms with Crippen LogP contribution in [0.1, 0.15) is 68.7 Å². The van der Waals surface area contributed by atoms with Gasteiger partial charge in [-0.05, 0) is 59.8 Å². The Balaban J connectivity index is 5.11. The minimum Gasteiger partial charge on any atom is -0.316 e. The maximum absolute atomic E-state index is 6.11. The third-order valence-corrected chi connectivity index (χ3v) is 8.25. The van der Waals surface area contributed by atoms with Gasteiger partial charge in [0.1, 0.15) is 0 Å². The molecule has 5 heteroatoms. The van der Waals surface area contributed by atoms with Gasteiger partial charge in [0.15, 0.2) is 0 Å². The second-order valence-electron chi connectivity index (χ2n) is 7.06. The molecule has 0 aromatic carbocycles. The van der Waals surface area contributed by atoms with E-state index in [0.717, 1.165) is 6.42 Å². The van der Waals surface area contributed by atoms with Crippen molar-refractivity contribution in [1.82, 2.24) is 0 Å². The fourth-order valence-corrected chi connectivity index (χ4v) is 10.2. The van der Waals surface area contributed by atoms with E-state index in [0.29, 0.717) is 0 Å². The molecular weight excluding hydrogens is 283 g/mol. The van der Waals surface area contributed by atoms with Crippen LogP contribution in [0.4, 0.5) is 0 Å². The summed E-state index contributed by atoms with van der Waals surface area (Å²) in [5, 5.41) is 0. The van der Waals surface area contributed by atoms with Crippen molar-refractivity contribution in [2.45, 2.75) is 84.7 Å². The third-order valence-electron chi connectivity index (χ3n) is 1.98. The molecule has 0 aromatic rings. The largest absolute Gasteiger partial charge is 0.316 e. The van der Waals surface area contributed by atoms with Crippen molar-refractivity contribution in [2.75, 3.05) is 0 Å². The number of hydrogen-bond acceptors (Lipinski definition) is 4. The van der Waals surface area contributed by atoms with Crippen LogP contribution >= 0.6 is 17.1 Å². The zero-order valence-electron chi connectivity index (χ0n) is 13.3. The Bertz CT molecular complexity index is 294. The van der Waals surface area contributed by atoms with Gasteiger partial charge in [-0.3, -0.25) is 0 Å². The van der Waals surface area contributed by atoms with Gasteiger partial charge in [-0.2, -0.15) is 0 Å². The van der Waals surface area contributed by atoms with Gasteiger partial charge in [-0.15, -0.1) is 0 Å². The van der Waals surface area contributed by atoms with Gasteiger partial charge < -0.3 is 9.05 Å². The van der Waals surface area contributed by atoms with Crippen molar-refractivity contribution < 1.29 is 9.05 Å². The van der Waals surface area contributed by atoms with E-state index in [1.54, 1.807) is 11.4 Å². The molecular formula is C13H29O2PS2. The molecule has 0 aliphatic carbocycles. The molecule has 0 spiro atoms. The molecule has 0 saturated carbocycles. The van der Waals surface area contributed by atoms with Gasteiger partial charge in [-0.1, -0.05) is 32.2 Å². The fourth-order valence-electron chi connectivity index (χ4n) is 1.09. The summed E-state index contributed by atoms with van der Waals surface area (Å²) < 4.78 is 12.3. The highest BCUT2D eigenvalue weighted by Gasteiger charge is 2.36. The van der Waals surface area contributed by atoms with Crippen LogP contribution in [0.25, 0.3) is 0 Å². The molecule has 0 amide bonds. The second kappa shape index (κ2) is 6.13. The first-order chi connectivity index (χ1) is 7.68. The maximum Gasteiger partial charge on any atom is 0.248 e. The Morgan fingerprint density at radius 3 is 1.44 bits per heavy atom. The minimum absolute atomic E-state index is 0.0754. The van der Waals surface area contributed by atoms with Crippen LogP contribution in [0.15, 0.2) is 0 Å². The van der Waals surface area contributed by atoms with Crippen LogP contribution in [0, 0.1) is 0 Å². The average Bonchev–Trinajstić information content (AvgIpc) is 1.93. The SMILES string of the molecule is CCC(C)(C)SP(=S)(OC(C)(C)C)OC(C)(C)C. The first-order valence-corrected chi connectivity index (χ1v) is 10.5. The summed E-state index contributed by atoms with van der Waals surface area (Å²) in [6.45, 7) is 18.7. The van der Waals surface area contributed by atoms with Gasteiger partial charge in [0.2, 0.25) is 5.69 Å². The summed E-state index contributed by atoms with van der Waals surface area (Å²) in [4.78, 5) is 0. The van der Waals surface area contributed by atoms with E-state index < -0.39 is 5.69 Å². The topological polar surface area (TPSA) is 18.5 Å². The van der Waals surface area contributed by atoms with E-state index in [1.165, 1.54) is 0 Å². The Morgan fingerprint density at radius 2 is 1.22 bits per heavy atom. The third kappa shape index (κ3) is 8.92. The lowest BCUT2D eigenvalue weighted by atomic mass is 10.1. The Labute approximate surface area is 123 Å². The zero-order chi connectivity index (χ0) is 14.8. The Kier molecular flexibility index (Phi) is 6.45. The van der Waals surface area contributed by atoms with Crippen molar-refractivity contribution >= 4 is 28.9 Å². The Hall–Kier alpha value is 0.920. The summed E-state index contributed by atoms with van der Waals surface area (Å²) in [7, 11) is 0. The van der Waals surface area contributed by atoms with Crippen LogP contribution in [0.3, 0.4) is 0 Å². The molecule has 0 atom stereocenters. The first-order valence-electron chi connectivity index (χ1n) is 6.40. The van der Waals surface area contributed by atoms with Crippen molar-refractivity contribution in [3.05, 3.63) is 0 Å². The molecule has 18 heavy (non-hydrogen) atoms. The predicted octanol–water partition coefficient (Wildman–Crippen LogP) is 5.76. The van der Waals surface area contributed by atoms with Crippen LogP contribution < -0.4 is 0 Å². The van der Waals surface area contributed by atoms with E-state index in [1.807, 2.05) is 41.5 Å². The van der Waals surface area contributed by atoms with Gasteiger partial charge in [0, 0.05) is 4.75 Å². The van der Waals surface area contributed by atoms with Crippen LogP contribution in [-0.4, -0.2) is 15.9 Å². The summed E-state index contributed by atoms with van der Waals surface area (Å²) in [6, 6.07) is 0. The molecule has 0 N–H and O–H groups in total. The van der Waals surface area contributed by atoms with Crippen LogP contribution in [0.5, 0.6) is 0 Å². The fraction of sp³-hybridized carbons (Fsp3) is 1.00. The second-order valence-corrected chi connectivity index (χ2v) is 13.7. The first kappa shape index (κ1) is 18.9. The monoisotopic (exact) mass is 312 g/mol. The molecule has 0 unspecified atom stereocenters. The van der Waals surface area contributed by atoms with Crippen molar-refractivity contribution in [1.29, 1.82) is 0 Å². The lowest BCUT2D eigenvalue weighted by molar-refractivity contribution is 0.0794. The highest BCUT2D eigenvalue weighted by atomic mass is 32.9. The normalized spacial score (nSPS) is 14.9. The molecule has 0 aliphatic heterocycles. The standard InChI is InChI=1S/C13H29O2PS2/c1-10-13(8,9)18-16(17,14-11(2,3)4)15-12(5,6)7/h10H2,1-9H3. The van der Waals surface area contributed by atoms with Crippen molar-refractivity contribution in [3.8, 4) is 0 Å². The highest BCUT2D eigenvalue weighted by Crippen LogP contribution is 2.69. The average molecular weight is 312 g/mol. The van der Waals surface area contributed by atoms with E-state index in [-0.39, 0.29) is 15.9 Å². The smallest absolute Gasteiger partial charge is 0.248 e. The lowest BCUT2D eigenvalue weighted by Crippen LogP contribution is -2.24. The Morgan fingerprint density at radius 1 is 0.889 bits per heavy atom. The molecule has 0 bridgehead atoms.